The van der Waals surface area contributed by atoms with Gasteiger partial charge in [0.1, 0.15) is 11.3 Å². The molecule has 1 aliphatic rings. The number of halogens is 1. The molecule has 0 spiro atoms. The van der Waals surface area contributed by atoms with Crippen molar-refractivity contribution in [1.82, 2.24) is 24.6 Å². The topological polar surface area (TPSA) is 110 Å². The Labute approximate surface area is 250 Å². The minimum absolute atomic E-state index is 0.109. The van der Waals surface area contributed by atoms with E-state index in [1.807, 2.05) is 69.7 Å². The second kappa shape index (κ2) is 13.2. The molecule has 1 fully saturated rings. The van der Waals surface area contributed by atoms with Gasteiger partial charge in [-0.25, -0.2) is 9.67 Å². The van der Waals surface area contributed by atoms with E-state index in [0.29, 0.717) is 55.0 Å². The summed E-state index contributed by atoms with van der Waals surface area (Å²) in [6.45, 7) is 4.12. The molecular weight excluding hydrogens is 556 g/mol. The number of anilines is 4. The smallest absolute Gasteiger partial charge is 0.229 e. The molecular formula is C30H35ClN8O3. The van der Waals surface area contributed by atoms with Crippen LogP contribution in [0.2, 0.25) is 0 Å². The second-order valence-corrected chi connectivity index (χ2v) is 10.6. The SMILES string of the molecule is CCC(=O)Nc1cc(Nc2nccc(-n3cc(CN(C)C)c(-c4ccccc4)n3)n2)c(OC)cc1N1CCOC(Cl)C1. The molecule has 2 aromatic heterocycles. The van der Waals surface area contributed by atoms with E-state index in [1.165, 1.54) is 0 Å². The maximum Gasteiger partial charge on any atom is 0.229 e. The van der Waals surface area contributed by atoms with Gasteiger partial charge in [-0.15, -0.1) is 0 Å². The van der Waals surface area contributed by atoms with E-state index in [9.17, 15) is 4.79 Å². The Morgan fingerprint density at radius 2 is 2.00 bits per heavy atom. The Hall–Kier alpha value is -4.19. The minimum atomic E-state index is -0.448. The lowest BCUT2D eigenvalue weighted by Gasteiger charge is -2.33. The zero-order valence-corrected chi connectivity index (χ0v) is 24.9. The molecule has 11 nitrogen and oxygen atoms in total. The third-order valence-electron chi connectivity index (χ3n) is 6.72. The summed E-state index contributed by atoms with van der Waals surface area (Å²) in [6, 6.07) is 15.6. The summed E-state index contributed by atoms with van der Waals surface area (Å²) in [4.78, 5) is 25.8. The first kappa shape index (κ1) is 29.3. The van der Waals surface area contributed by atoms with E-state index in [-0.39, 0.29) is 5.91 Å². The summed E-state index contributed by atoms with van der Waals surface area (Å²) < 4.78 is 13.0. The molecule has 2 N–H and O–H groups in total. The van der Waals surface area contributed by atoms with Gasteiger partial charge in [0.25, 0.3) is 0 Å². The Kier molecular flexibility index (Phi) is 9.21. The number of nitrogens with zero attached hydrogens (tertiary/aromatic N) is 6. The minimum Gasteiger partial charge on any atom is -0.494 e. The number of carbonyl (C=O) groups excluding carboxylic acids is 1. The maximum atomic E-state index is 12.4. The number of hydrogen-bond donors (Lipinski definition) is 2. The van der Waals surface area contributed by atoms with Gasteiger partial charge >= 0.3 is 0 Å². The fourth-order valence-electron chi connectivity index (χ4n) is 4.74. The highest BCUT2D eigenvalue weighted by atomic mass is 35.5. The molecule has 0 radical (unpaired) electrons. The lowest BCUT2D eigenvalue weighted by Crippen LogP contribution is -2.40. The van der Waals surface area contributed by atoms with Crippen molar-refractivity contribution in [2.75, 3.05) is 56.4 Å². The van der Waals surface area contributed by atoms with E-state index in [0.717, 1.165) is 29.1 Å². The first-order chi connectivity index (χ1) is 20.3. The Balaban J connectivity index is 1.48. The van der Waals surface area contributed by atoms with E-state index in [4.69, 9.17) is 31.2 Å². The summed E-state index contributed by atoms with van der Waals surface area (Å²) in [5, 5.41) is 11.2. The van der Waals surface area contributed by atoms with Gasteiger partial charge in [0.05, 0.1) is 43.0 Å². The van der Waals surface area contributed by atoms with Crippen molar-refractivity contribution in [3.8, 4) is 22.8 Å². The van der Waals surface area contributed by atoms with Crippen molar-refractivity contribution in [3.05, 3.63) is 66.5 Å². The molecule has 0 saturated carbocycles. The van der Waals surface area contributed by atoms with E-state index in [1.54, 1.807) is 24.1 Å². The Morgan fingerprint density at radius 1 is 1.19 bits per heavy atom. The second-order valence-electron chi connectivity index (χ2n) is 10.1. The van der Waals surface area contributed by atoms with Crippen LogP contribution in [0.5, 0.6) is 5.75 Å². The fraction of sp³-hybridized carbons (Fsp3) is 0.333. The van der Waals surface area contributed by atoms with E-state index >= 15 is 0 Å². The molecule has 3 heterocycles. The number of rotatable bonds is 10. The molecule has 12 heteroatoms. The third kappa shape index (κ3) is 6.81. The third-order valence-corrected chi connectivity index (χ3v) is 6.99. The first-order valence-corrected chi connectivity index (χ1v) is 14.2. The molecule has 2 aromatic carbocycles. The molecule has 1 saturated heterocycles. The average molecular weight is 591 g/mol. The van der Waals surface area contributed by atoms with Crippen LogP contribution in [0.25, 0.3) is 17.1 Å². The zero-order chi connectivity index (χ0) is 29.6. The number of methoxy groups -OCH3 is 1. The largest absolute Gasteiger partial charge is 0.494 e. The molecule has 220 valence electrons. The molecule has 1 amide bonds. The number of alkyl halides is 1. The van der Waals surface area contributed by atoms with Gasteiger partial charge in [0, 0.05) is 55.2 Å². The van der Waals surface area contributed by atoms with Crippen LogP contribution in [-0.2, 0) is 16.1 Å². The molecule has 1 unspecified atom stereocenters. The fourth-order valence-corrected chi connectivity index (χ4v) is 5.00. The lowest BCUT2D eigenvalue weighted by atomic mass is 10.1. The summed E-state index contributed by atoms with van der Waals surface area (Å²) in [7, 11) is 5.65. The summed E-state index contributed by atoms with van der Waals surface area (Å²) >= 11 is 6.27. The van der Waals surface area contributed by atoms with Crippen molar-refractivity contribution in [2.24, 2.45) is 0 Å². The maximum absolute atomic E-state index is 12.4. The number of amides is 1. The standard InChI is InChI=1S/C30H35ClN8O3/c1-5-28(40)33-22-15-23(25(41-4)16-24(22)38-13-14-42-26(31)19-38)34-30-32-12-11-27(35-30)39-18-21(17-37(2)3)29(36-39)20-9-7-6-8-10-20/h6-12,15-16,18,26H,5,13-14,17,19H2,1-4H3,(H,33,40)(H,32,34,35). The van der Waals surface area contributed by atoms with E-state index in [2.05, 4.69) is 25.4 Å². The van der Waals surface area contributed by atoms with Gasteiger partial charge in [0.15, 0.2) is 5.82 Å². The van der Waals surface area contributed by atoms with Gasteiger partial charge in [-0.3, -0.25) is 4.79 Å². The number of benzene rings is 2. The summed E-state index contributed by atoms with van der Waals surface area (Å²) in [5.41, 5.74) is 4.58. The molecule has 0 aliphatic carbocycles. The highest BCUT2D eigenvalue weighted by Gasteiger charge is 2.24. The number of morpholine rings is 1. The van der Waals surface area contributed by atoms with Crippen LogP contribution in [0.3, 0.4) is 0 Å². The lowest BCUT2D eigenvalue weighted by molar-refractivity contribution is -0.115. The first-order valence-electron chi connectivity index (χ1n) is 13.8. The van der Waals surface area contributed by atoms with Crippen LogP contribution in [0, 0.1) is 0 Å². The van der Waals surface area contributed by atoms with Gasteiger partial charge < -0.3 is 29.9 Å². The molecule has 0 bridgehead atoms. The van der Waals surface area contributed by atoms with Gasteiger partial charge in [-0.1, -0.05) is 48.9 Å². The summed E-state index contributed by atoms with van der Waals surface area (Å²) in [6.07, 6.45) is 4.01. The molecule has 4 aromatic rings. The predicted octanol–water partition coefficient (Wildman–Crippen LogP) is 4.89. The van der Waals surface area contributed by atoms with Crippen LogP contribution in [0.15, 0.2) is 60.9 Å². The van der Waals surface area contributed by atoms with Gasteiger partial charge in [0.2, 0.25) is 11.9 Å². The highest BCUT2D eigenvalue weighted by Crippen LogP contribution is 2.39. The number of aromatic nitrogens is 4. The van der Waals surface area contributed by atoms with Crippen LogP contribution < -0.4 is 20.3 Å². The van der Waals surface area contributed by atoms with Crippen LogP contribution >= 0.6 is 11.6 Å². The average Bonchev–Trinajstić information content (AvgIpc) is 3.41. The number of nitrogens with one attached hydrogen (secondary N) is 2. The van der Waals surface area contributed by atoms with Crippen LogP contribution in [0.4, 0.5) is 23.0 Å². The van der Waals surface area contributed by atoms with Crippen molar-refractivity contribution in [3.63, 3.8) is 0 Å². The normalized spacial score (nSPS) is 15.1. The summed E-state index contributed by atoms with van der Waals surface area (Å²) in [5.74, 6) is 1.41. The van der Waals surface area contributed by atoms with Crippen LogP contribution in [-0.4, -0.2) is 77.0 Å². The number of hydrogen-bond acceptors (Lipinski definition) is 9. The Morgan fingerprint density at radius 3 is 2.71 bits per heavy atom. The number of carbonyl (C=O) groups is 1. The Bertz CT molecular complexity index is 1530. The molecule has 5 rings (SSSR count). The highest BCUT2D eigenvalue weighted by molar-refractivity contribution is 6.20. The predicted molar refractivity (Wildman–Crippen MR) is 165 cm³/mol. The van der Waals surface area contributed by atoms with Crippen molar-refractivity contribution in [2.45, 2.75) is 25.5 Å². The van der Waals surface area contributed by atoms with E-state index < -0.39 is 5.56 Å². The molecule has 1 atom stereocenters. The van der Waals surface area contributed by atoms with Crippen molar-refractivity contribution >= 4 is 40.5 Å². The quantitative estimate of drug-likeness (QED) is 0.249. The molecule has 42 heavy (non-hydrogen) atoms. The zero-order valence-electron chi connectivity index (χ0n) is 24.2. The van der Waals surface area contributed by atoms with Gasteiger partial charge in [-0.2, -0.15) is 10.1 Å². The van der Waals surface area contributed by atoms with Gasteiger partial charge in [-0.05, 0) is 20.2 Å². The number of ether oxygens (including phenoxy) is 2. The molecule has 1 aliphatic heterocycles. The monoisotopic (exact) mass is 590 g/mol. The van der Waals surface area contributed by atoms with Crippen molar-refractivity contribution in [1.29, 1.82) is 0 Å². The van der Waals surface area contributed by atoms with Crippen LogP contribution in [0.1, 0.15) is 18.9 Å². The van der Waals surface area contributed by atoms with Crippen molar-refractivity contribution < 1.29 is 14.3 Å².